The lowest BCUT2D eigenvalue weighted by Gasteiger charge is -2.58. The molecule has 40 heavy (non-hydrogen) atoms. The summed E-state index contributed by atoms with van der Waals surface area (Å²) in [6.07, 6.45) is 0.0452. The Kier molecular flexibility index (Phi) is 9.88. The van der Waals surface area contributed by atoms with Crippen molar-refractivity contribution in [1.82, 2.24) is 9.55 Å². The van der Waals surface area contributed by atoms with Crippen molar-refractivity contribution in [2.45, 2.75) is 117 Å². The van der Waals surface area contributed by atoms with Crippen molar-refractivity contribution in [1.29, 1.82) is 0 Å². The topological polar surface area (TPSA) is 115 Å². The Morgan fingerprint density at radius 3 is 1.95 bits per heavy atom. The summed E-state index contributed by atoms with van der Waals surface area (Å²) in [4.78, 5) is 57.3. The van der Waals surface area contributed by atoms with E-state index in [9.17, 15) is 19.2 Å². The van der Waals surface area contributed by atoms with E-state index in [1.54, 1.807) is 60.6 Å². The number of hydrogen-bond acceptors (Lipinski definition) is 8. The molecule has 3 amide bonds. The van der Waals surface area contributed by atoms with Crippen LogP contribution in [-0.4, -0.2) is 65.7 Å². The molecule has 2 rings (SSSR count). The molecule has 1 aliphatic rings. The predicted molar refractivity (Wildman–Crippen MR) is 155 cm³/mol. The smallest absolute Gasteiger partial charge is 0.425 e. The minimum Gasteiger partial charge on any atom is -0.466 e. The zero-order valence-electron chi connectivity index (χ0n) is 26.2. The fraction of sp³-hybridized carbons (Fsp3) is 0.690. The standard InChI is InChI=1S/C29H47N3O7Si/c1-13-37-23(33)18-21-20(24(34)32(21)40(11,12)29(8,9)10)16-19-14-15-30-22(17-19)31(25(35)38-27(2,3)4)26(36)39-28(5,6)7/h14-15,17,20-21H,13,16,18H2,1-12H3/t20-,21-/m1/s1. The molecule has 1 aromatic heterocycles. The average molecular weight is 578 g/mol. The molecule has 0 radical (unpaired) electrons. The number of hydrogen-bond donors (Lipinski definition) is 0. The van der Waals surface area contributed by atoms with Gasteiger partial charge in [0, 0.05) is 12.2 Å². The van der Waals surface area contributed by atoms with E-state index < -0.39 is 37.5 Å². The molecule has 0 aliphatic carbocycles. The number of imide groups is 1. The van der Waals surface area contributed by atoms with Gasteiger partial charge in [-0.25, -0.2) is 14.6 Å². The Morgan fingerprint density at radius 1 is 0.975 bits per heavy atom. The Labute approximate surface area is 239 Å². The highest BCUT2D eigenvalue weighted by Crippen LogP contribution is 2.46. The van der Waals surface area contributed by atoms with E-state index in [1.165, 1.54) is 6.20 Å². The molecule has 0 bridgehead atoms. The molecule has 1 aromatic rings. The number of pyridine rings is 1. The van der Waals surface area contributed by atoms with E-state index in [0.717, 1.165) is 4.90 Å². The molecular weight excluding hydrogens is 530 g/mol. The largest absolute Gasteiger partial charge is 0.466 e. The van der Waals surface area contributed by atoms with Crippen LogP contribution in [0.15, 0.2) is 18.3 Å². The third kappa shape index (κ3) is 8.05. The summed E-state index contributed by atoms with van der Waals surface area (Å²) in [6, 6.07) is 3.00. The van der Waals surface area contributed by atoms with E-state index in [1.807, 2.05) is 4.57 Å². The number of anilines is 1. The first-order chi connectivity index (χ1) is 18.1. The summed E-state index contributed by atoms with van der Waals surface area (Å²) >= 11 is 0. The molecule has 11 heteroatoms. The van der Waals surface area contributed by atoms with Crippen molar-refractivity contribution in [3.05, 3.63) is 23.9 Å². The number of β-lactam (4-membered cyclic amide) rings is 1. The normalized spacial score (nSPS) is 18.1. The van der Waals surface area contributed by atoms with Gasteiger partial charge >= 0.3 is 18.2 Å². The van der Waals surface area contributed by atoms with Crippen molar-refractivity contribution in [2.24, 2.45) is 5.92 Å². The van der Waals surface area contributed by atoms with E-state index in [4.69, 9.17) is 14.2 Å². The van der Waals surface area contributed by atoms with Gasteiger partial charge in [-0.2, -0.15) is 4.90 Å². The number of esters is 1. The summed E-state index contributed by atoms with van der Waals surface area (Å²) in [7, 11) is -2.27. The van der Waals surface area contributed by atoms with Crippen molar-refractivity contribution in [2.75, 3.05) is 11.5 Å². The predicted octanol–water partition coefficient (Wildman–Crippen LogP) is 6.09. The molecule has 0 unspecified atom stereocenters. The van der Waals surface area contributed by atoms with E-state index >= 15 is 0 Å². The summed E-state index contributed by atoms with van der Waals surface area (Å²) in [5.74, 6) is -0.776. The second-order valence-corrected chi connectivity index (χ2v) is 18.8. The highest BCUT2D eigenvalue weighted by molar-refractivity contribution is 6.80. The van der Waals surface area contributed by atoms with Crippen LogP contribution in [-0.2, 0) is 30.2 Å². The van der Waals surface area contributed by atoms with Crippen LogP contribution in [0, 0.1) is 5.92 Å². The molecule has 2 atom stereocenters. The first-order valence-corrected chi connectivity index (χ1v) is 16.7. The molecule has 1 saturated heterocycles. The van der Waals surface area contributed by atoms with Crippen molar-refractivity contribution < 1.29 is 33.4 Å². The molecule has 10 nitrogen and oxygen atoms in total. The average Bonchev–Trinajstić information content (AvgIpc) is 2.74. The van der Waals surface area contributed by atoms with Crippen LogP contribution < -0.4 is 4.90 Å². The van der Waals surface area contributed by atoms with Crippen LogP contribution in [0.4, 0.5) is 15.4 Å². The van der Waals surface area contributed by atoms with Gasteiger partial charge in [0.25, 0.3) is 0 Å². The van der Waals surface area contributed by atoms with Crippen LogP contribution in [0.25, 0.3) is 0 Å². The fourth-order valence-corrected chi connectivity index (χ4v) is 6.88. The fourth-order valence-electron chi connectivity index (χ4n) is 4.34. The Bertz CT molecular complexity index is 1090. The number of carbonyl (C=O) groups is 4. The zero-order chi connectivity index (χ0) is 30.8. The molecule has 1 fully saturated rings. The van der Waals surface area contributed by atoms with Gasteiger partial charge < -0.3 is 18.8 Å². The van der Waals surface area contributed by atoms with Gasteiger partial charge in [-0.3, -0.25) is 9.59 Å². The lowest BCUT2D eigenvalue weighted by molar-refractivity contribution is -0.154. The van der Waals surface area contributed by atoms with Crippen LogP contribution in [0.1, 0.15) is 81.2 Å². The Morgan fingerprint density at radius 2 is 1.50 bits per heavy atom. The van der Waals surface area contributed by atoms with Crippen LogP contribution >= 0.6 is 0 Å². The highest BCUT2D eigenvalue weighted by Gasteiger charge is 2.57. The minimum atomic E-state index is -2.27. The second-order valence-electron chi connectivity index (χ2n) is 13.7. The molecule has 2 heterocycles. The molecule has 0 aromatic carbocycles. The molecule has 0 saturated carbocycles. The lowest BCUT2D eigenvalue weighted by Crippen LogP contribution is -2.73. The number of carbonyl (C=O) groups excluding carboxylic acids is 4. The summed E-state index contributed by atoms with van der Waals surface area (Å²) in [5, 5.41) is -0.105. The van der Waals surface area contributed by atoms with Gasteiger partial charge in [0.2, 0.25) is 5.91 Å². The molecule has 1 aliphatic heterocycles. The second kappa shape index (κ2) is 11.9. The highest BCUT2D eigenvalue weighted by atomic mass is 28.3. The lowest BCUT2D eigenvalue weighted by atomic mass is 9.83. The summed E-state index contributed by atoms with van der Waals surface area (Å²) in [6.45, 7) is 22.9. The van der Waals surface area contributed by atoms with Crippen LogP contribution in [0.5, 0.6) is 0 Å². The summed E-state index contributed by atoms with van der Waals surface area (Å²) in [5.41, 5.74) is -1.04. The maximum atomic E-state index is 13.6. The first kappa shape index (κ1) is 33.3. The monoisotopic (exact) mass is 577 g/mol. The number of aromatic nitrogens is 1. The number of nitrogens with zero attached hydrogens (tertiary/aromatic N) is 3. The van der Waals surface area contributed by atoms with E-state index in [2.05, 4.69) is 38.8 Å². The molecule has 0 N–H and O–H groups in total. The third-order valence-corrected chi connectivity index (χ3v) is 12.5. The Hall–Kier alpha value is -2.95. The van der Waals surface area contributed by atoms with Gasteiger partial charge in [0.05, 0.1) is 18.9 Å². The van der Waals surface area contributed by atoms with Gasteiger partial charge in [-0.05, 0) is 77.6 Å². The van der Waals surface area contributed by atoms with Gasteiger partial charge in [0.15, 0.2) is 8.24 Å². The van der Waals surface area contributed by atoms with Crippen LogP contribution in [0.2, 0.25) is 18.1 Å². The van der Waals surface area contributed by atoms with Crippen molar-refractivity contribution in [3.63, 3.8) is 0 Å². The quantitative estimate of drug-likeness (QED) is 0.166. The van der Waals surface area contributed by atoms with Gasteiger partial charge in [0.1, 0.15) is 17.0 Å². The number of amides is 3. The molecular formula is C29H47N3O7Si. The van der Waals surface area contributed by atoms with E-state index in [-0.39, 0.29) is 41.8 Å². The summed E-state index contributed by atoms with van der Waals surface area (Å²) < 4.78 is 18.1. The van der Waals surface area contributed by atoms with Crippen molar-refractivity contribution in [3.8, 4) is 0 Å². The first-order valence-electron chi connectivity index (χ1n) is 13.8. The molecule has 224 valence electrons. The third-order valence-electron chi connectivity index (χ3n) is 7.12. The van der Waals surface area contributed by atoms with Crippen molar-refractivity contribution >= 4 is 38.1 Å². The zero-order valence-corrected chi connectivity index (χ0v) is 27.2. The maximum Gasteiger partial charge on any atom is 0.425 e. The van der Waals surface area contributed by atoms with Crippen LogP contribution in [0.3, 0.4) is 0 Å². The minimum absolute atomic E-state index is 0.00427. The molecule has 0 spiro atoms. The van der Waals surface area contributed by atoms with Gasteiger partial charge in [-0.15, -0.1) is 0 Å². The number of ether oxygens (including phenoxy) is 3. The van der Waals surface area contributed by atoms with Gasteiger partial charge in [-0.1, -0.05) is 33.9 Å². The number of rotatable bonds is 7. The SMILES string of the molecule is CCOC(=O)C[C@@H]1[C@@H](Cc2ccnc(N(C(=O)OC(C)(C)C)C(=O)OC(C)(C)C)c2)C(=O)N1[Si](C)(C)C(C)(C)C. The maximum absolute atomic E-state index is 13.6. The Balaban J connectivity index is 2.43. The van der Waals surface area contributed by atoms with E-state index in [0.29, 0.717) is 12.0 Å².